The number of hydrogen-bond acceptors (Lipinski definition) is 2. The first-order valence-electron chi connectivity index (χ1n) is 12.2. The maximum atomic E-state index is 13.9. The molecule has 1 aliphatic carbocycles. The molecule has 0 aliphatic heterocycles. The van der Waals surface area contributed by atoms with Crippen molar-refractivity contribution in [1.82, 2.24) is 10.3 Å². The summed E-state index contributed by atoms with van der Waals surface area (Å²) in [5.74, 6) is -1.56. The normalized spacial score (nSPS) is 14.6. The molecule has 0 unspecified atom stereocenters. The summed E-state index contributed by atoms with van der Waals surface area (Å²) in [7, 11) is 0. The molecule has 0 spiro atoms. The molecular weight excluding hydrogens is 460 g/mol. The summed E-state index contributed by atoms with van der Waals surface area (Å²) in [5, 5.41) is 4.01. The first kappa shape index (κ1) is 23.7. The lowest BCUT2D eigenvalue weighted by atomic mass is 10.0. The van der Waals surface area contributed by atoms with Crippen LogP contribution in [-0.2, 0) is 16.0 Å². The van der Waals surface area contributed by atoms with Crippen LogP contribution in [0.1, 0.15) is 42.9 Å². The van der Waals surface area contributed by atoms with Gasteiger partial charge in [0.25, 0.3) is 0 Å². The topological polar surface area (TPSA) is 65.2 Å². The number of hydrogen-bond donors (Lipinski definition) is 2. The monoisotopic (exact) mass is 487 g/mol. The van der Waals surface area contributed by atoms with Gasteiger partial charge in [0.15, 0.2) is 0 Å². The van der Waals surface area contributed by atoms with Crippen molar-refractivity contribution >= 4 is 28.4 Å². The molecule has 1 saturated carbocycles. The highest BCUT2D eigenvalue weighted by molar-refractivity contribution is 6.03. The summed E-state index contributed by atoms with van der Waals surface area (Å²) in [5.41, 5.74) is 2.56. The number of para-hydroxylation sites is 1. The van der Waals surface area contributed by atoms with E-state index >= 15 is 0 Å². The van der Waals surface area contributed by atoms with Crippen LogP contribution >= 0.6 is 0 Å². The highest BCUT2D eigenvalue weighted by atomic mass is 19.1. The average Bonchev–Trinajstić information content (AvgIpc) is 3.54. The van der Waals surface area contributed by atoms with Crippen molar-refractivity contribution in [2.75, 3.05) is 4.90 Å². The quantitative estimate of drug-likeness (QED) is 0.345. The van der Waals surface area contributed by atoms with Crippen molar-refractivity contribution in [3.05, 3.63) is 102 Å². The SMILES string of the molecule is O=C(NC1CCCC1)[C@@H](c1ccc(F)cc1)N(C(=O)Cc1c[nH]c2ccccc12)c1ccc(F)cc1. The molecule has 0 saturated heterocycles. The molecule has 1 aliphatic rings. The van der Waals surface area contributed by atoms with E-state index in [2.05, 4.69) is 10.3 Å². The lowest BCUT2D eigenvalue weighted by Gasteiger charge is -2.32. The highest BCUT2D eigenvalue weighted by Gasteiger charge is 2.34. The summed E-state index contributed by atoms with van der Waals surface area (Å²) < 4.78 is 27.6. The summed E-state index contributed by atoms with van der Waals surface area (Å²) in [4.78, 5) is 32.2. The molecule has 184 valence electrons. The number of nitrogens with zero attached hydrogens (tertiary/aromatic N) is 1. The van der Waals surface area contributed by atoms with Crippen molar-refractivity contribution in [3.8, 4) is 0 Å². The van der Waals surface area contributed by atoms with Crippen molar-refractivity contribution in [2.24, 2.45) is 0 Å². The zero-order valence-corrected chi connectivity index (χ0v) is 19.7. The van der Waals surface area contributed by atoms with E-state index in [0.717, 1.165) is 42.1 Å². The summed E-state index contributed by atoms with van der Waals surface area (Å²) in [6.07, 6.45) is 5.64. The van der Waals surface area contributed by atoms with Crippen molar-refractivity contribution in [3.63, 3.8) is 0 Å². The second kappa shape index (κ2) is 10.3. The van der Waals surface area contributed by atoms with Gasteiger partial charge in [-0.05, 0) is 66.4 Å². The van der Waals surface area contributed by atoms with Crippen LogP contribution in [0.3, 0.4) is 0 Å². The molecule has 4 aromatic rings. The Labute approximate surface area is 208 Å². The second-order valence-electron chi connectivity index (χ2n) is 9.22. The van der Waals surface area contributed by atoms with E-state index in [1.54, 1.807) is 6.20 Å². The molecule has 2 N–H and O–H groups in total. The van der Waals surface area contributed by atoms with Gasteiger partial charge < -0.3 is 10.3 Å². The Hall–Kier alpha value is -4.00. The summed E-state index contributed by atoms with van der Waals surface area (Å²) in [6.45, 7) is 0. The zero-order chi connectivity index (χ0) is 25.1. The van der Waals surface area contributed by atoms with Crippen LogP contribution in [0.4, 0.5) is 14.5 Å². The van der Waals surface area contributed by atoms with Gasteiger partial charge >= 0.3 is 0 Å². The maximum absolute atomic E-state index is 13.9. The first-order chi connectivity index (χ1) is 17.5. The first-order valence-corrected chi connectivity index (χ1v) is 12.2. The Bertz CT molecular complexity index is 1360. The number of carbonyl (C=O) groups is 2. The standard InChI is InChI=1S/C29H27F2N3O2/c30-21-11-9-19(10-12-21)28(29(36)33-23-5-1-2-6-23)34(24-15-13-22(31)14-16-24)27(35)17-20-18-32-26-8-4-3-7-25(20)26/h3-4,7-16,18,23,28,32H,1-2,5-6,17H2,(H,33,36)/t28-/m1/s1. The molecule has 5 nitrogen and oxygen atoms in total. The molecule has 7 heteroatoms. The lowest BCUT2D eigenvalue weighted by Crippen LogP contribution is -2.46. The number of amides is 2. The minimum Gasteiger partial charge on any atom is -0.361 e. The van der Waals surface area contributed by atoms with Crippen LogP contribution in [-0.4, -0.2) is 22.8 Å². The fourth-order valence-corrected chi connectivity index (χ4v) is 4.98. The van der Waals surface area contributed by atoms with E-state index in [1.165, 1.54) is 53.4 Å². The van der Waals surface area contributed by atoms with E-state index < -0.39 is 17.7 Å². The third kappa shape index (κ3) is 5.00. The van der Waals surface area contributed by atoms with Gasteiger partial charge in [0, 0.05) is 28.8 Å². The van der Waals surface area contributed by atoms with Crippen LogP contribution in [0.5, 0.6) is 0 Å². The molecule has 1 aromatic heterocycles. The molecule has 0 bridgehead atoms. The number of anilines is 1. The third-order valence-electron chi connectivity index (χ3n) is 6.78. The van der Waals surface area contributed by atoms with Crippen LogP contribution in [0, 0.1) is 11.6 Å². The number of H-pyrrole nitrogens is 1. The van der Waals surface area contributed by atoms with Gasteiger partial charge in [-0.15, -0.1) is 0 Å². The van der Waals surface area contributed by atoms with E-state index in [4.69, 9.17) is 0 Å². The van der Waals surface area contributed by atoms with E-state index in [0.29, 0.717) is 11.3 Å². The van der Waals surface area contributed by atoms with Crippen LogP contribution in [0.15, 0.2) is 79.0 Å². The van der Waals surface area contributed by atoms with Crippen molar-refractivity contribution in [1.29, 1.82) is 0 Å². The summed E-state index contributed by atoms with van der Waals surface area (Å²) >= 11 is 0. The number of carbonyl (C=O) groups excluding carboxylic acids is 2. The molecule has 2 amide bonds. The number of nitrogens with one attached hydrogen (secondary N) is 2. The van der Waals surface area contributed by atoms with Gasteiger partial charge in [-0.3, -0.25) is 14.5 Å². The van der Waals surface area contributed by atoms with E-state index in [9.17, 15) is 18.4 Å². The number of fused-ring (bicyclic) bond motifs is 1. The smallest absolute Gasteiger partial charge is 0.248 e. The van der Waals surface area contributed by atoms with Gasteiger partial charge in [-0.1, -0.05) is 43.2 Å². The highest BCUT2D eigenvalue weighted by Crippen LogP contribution is 2.31. The predicted octanol–water partition coefficient (Wildman–Crippen LogP) is 5.82. The number of halogens is 2. The summed E-state index contributed by atoms with van der Waals surface area (Å²) in [6, 6.07) is 17.7. The number of benzene rings is 3. The molecule has 0 radical (unpaired) electrons. The minimum absolute atomic E-state index is 0.0236. The molecule has 5 rings (SSSR count). The van der Waals surface area contributed by atoms with Gasteiger partial charge in [0.1, 0.15) is 17.7 Å². The van der Waals surface area contributed by atoms with E-state index in [-0.39, 0.29) is 24.3 Å². The Morgan fingerprint density at radius 1 is 0.917 bits per heavy atom. The van der Waals surface area contributed by atoms with Crippen molar-refractivity contribution < 1.29 is 18.4 Å². The molecule has 1 heterocycles. The van der Waals surface area contributed by atoms with Gasteiger partial charge in [-0.2, -0.15) is 0 Å². The van der Waals surface area contributed by atoms with Crippen LogP contribution in [0.2, 0.25) is 0 Å². The Morgan fingerprint density at radius 2 is 1.56 bits per heavy atom. The molecule has 3 aromatic carbocycles. The number of aromatic nitrogens is 1. The average molecular weight is 488 g/mol. The maximum Gasteiger partial charge on any atom is 0.248 e. The van der Waals surface area contributed by atoms with Crippen molar-refractivity contribution in [2.45, 2.75) is 44.2 Å². The lowest BCUT2D eigenvalue weighted by molar-refractivity contribution is -0.127. The fraction of sp³-hybridized carbons (Fsp3) is 0.241. The molecular formula is C29H27F2N3O2. The Balaban J connectivity index is 1.56. The molecule has 36 heavy (non-hydrogen) atoms. The van der Waals surface area contributed by atoms with Gasteiger partial charge in [-0.25, -0.2) is 8.78 Å². The molecule has 1 atom stereocenters. The van der Waals surface area contributed by atoms with Crippen LogP contribution in [0.25, 0.3) is 10.9 Å². The van der Waals surface area contributed by atoms with Gasteiger partial charge in [0.2, 0.25) is 11.8 Å². The Kier molecular flexibility index (Phi) is 6.80. The van der Waals surface area contributed by atoms with Gasteiger partial charge in [0.05, 0.1) is 6.42 Å². The van der Waals surface area contributed by atoms with Crippen LogP contribution < -0.4 is 10.2 Å². The number of rotatable bonds is 7. The number of aromatic amines is 1. The minimum atomic E-state index is -1.05. The fourth-order valence-electron chi connectivity index (χ4n) is 4.98. The Morgan fingerprint density at radius 3 is 2.25 bits per heavy atom. The second-order valence-corrected chi connectivity index (χ2v) is 9.22. The van der Waals surface area contributed by atoms with E-state index in [1.807, 2.05) is 24.3 Å². The molecule has 1 fully saturated rings. The third-order valence-corrected chi connectivity index (χ3v) is 6.78. The zero-order valence-electron chi connectivity index (χ0n) is 19.7. The predicted molar refractivity (Wildman–Crippen MR) is 135 cm³/mol. The largest absolute Gasteiger partial charge is 0.361 e.